The number of nitrogens with zero attached hydrogens (tertiary/aromatic N) is 3. The SMILES string of the molecule is CCC(=O)N1CCN2c3ccc([N+](=O)[O-])cc3CC3(C(=O)NC(=O)NC3=O)[C@H]2C1. The summed E-state index contributed by atoms with van der Waals surface area (Å²) in [5, 5.41) is 15.5. The number of amides is 5. The lowest BCUT2D eigenvalue weighted by molar-refractivity contribution is -0.384. The Kier molecular flexibility index (Phi) is 4.25. The van der Waals surface area contributed by atoms with Crippen LogP contribution in [-0.2, 0) is 20.8 Å². The number of nitro groups is 1. The predicted molar refractivity (Wildman–Crippen MR) is 98.9 cm³/mol. The van der Waals surface area contributed by atoms with Crippen molar-refractivity contribution < 1.29 is 24.1 Å². The lowest BCUT2D eigenvalue weighted by Crippen LogP contribution is -2.74. The molecular weight excluding hydrogens is 382 g/mol. The van der Waals surface area contributed by atoms with E-state index in [1.165, 1.54) is 12.1 Å². The number of fused-ring (bicyclic) bond motifs is 4. The molecule has 0 aliphatic carbocycles. The molecule has 2 saturated heterocycles. The summed E-state index contributed by atoms with van der Waals surface area (Å²) in [4.78, 5) is 64.0. The van der Waals surface area contributed by atoms with Gasteiger partial charge in [-0.15, -0.1) is 0 Å². The minimum Gasteiger partial charge on any atom is -0.363 e. The Morgan fingerprint density at radius 2 is 1.93 bits per heavy atom. The maximum absolute atomic E-state index is 13.0. The first-order chi connectivity index (χ1) is 13.8. The van der Waals surface area contributed by atoms with Crippen LogP contribution in [0.3, 0.4) is 0 Å². The molecule has 2 N–H and O–H groups in total. The van der Waals surface area contributed by atoms with Crippen molar-refractivity contribution in [3.05, 3.63) is 33.9 Å². The number of carbonyl (C=O) groups excluding carboxylic acids is 4. The highest BCUT2D eigenvalue weighted by molar-refractivity contribution is 6.20. The topological polar surface area (TPSA) is 142 Å². The van der Waals surface area contributed by atoms with E-state index >= 15 is 0 Å². The Morgan fingerprint density at radius 1 is 1.24 bits per heavy atom. The molecule has 29 heavy (non-hydrogen) atoms. The smallest absolute Gasteiger partial charge is 0.328 e. The highest BCUT2D eigenvalue weighted by Crippen LogP contribution is 2.45. The largest absolute Gasteiger partial charge is 0.363 e. The second-order valence-electron chi connectivity index (χ2n) is 7.36. The number of piperazine rings is 1. The maximum Gasteiger partial charge on any atom is 0.328 e. The molecule has 11 nitrogen and oxygen atoms in total. The van der Waals surface area contributed by atoms with Crippen LogP contribution in [0.4, 0.5) is 16.2 Å². The van der Waals surface area contributed by atoms with Crippen molar-refractivity contribution in [1.82, 2.24) is 15.5 Å². The molecule has 0 aromatic heterocycles. The fourth-order valence-electron chi connectivity index (χ4n) is 4.50. The van der Waals surface area contributed by atoms with E-state index < -0.39 is 34.2 Å². The Hall–Kier alpha value is -3.50. The van der Waals surface area contributed by atoms with Crippen LogP contribution in [0.25, 0.3) is 0 Å². The number of imide groups is 2. The third-order valence-electron chi connectivity index (χ3n) is 5.92. The number of nitro benzene ring substituents is 1. The summed E-state index contributed by atoms with van der Waals surface area (Å²) in [6, 6.07) is 2.73. The molecular formula is C18H19N5O6. The summed E-state index contributed by atoms with van der Waals surface area (Å²) in [7, 11) is 0. The number of carbonyl (C=O) groups is 4. The van der Waals surface area contributed by atoms with Crippen LogP contribution in [-0.4, -0.2) is 59.3 Å². The zero-order valence-corrected chi connectivity index (χ0v) is 15.6. The molecule has 4 rings (SSSR count). The van der Waals surface area contributed by atoms with Crippen LogP contribution in [0.15, 0.2) is 18.2 Å². The standard InChI is InChI=1S/C18H19N5O6/c1-2-14(24)21-5-6-22-12-4-3-11(23(28)29)7-10(12)8-18(13(22)9-21)15(25)19-17(27)20-16(18)26/h3-4,7,13H,2,5-6,8-9H2,1H3,(H2,19,20,25,26,27)/t13-/m1/s1. The maximum atomic E-state index is 13.0. The molecule has 5 amide bonds. The van der Waals surface area contributed by atoms with Gasteiger partial charge in [0.15, 0.2) is 5.41 Å². The van der Waals surface area contributed by atoms with Gasteiger partial charge < -0.3 is 9.80 Å². The number of urea groups is 1. The van der Waals surface area contributed by atoms with Crippen LogP contribution in [0, 0.1) is 15.5 Å². The number of barbiturate groups is 1. The molecule has 0 radical (unpaired) electrons. The Bertz CT molecular complexity index is 940. The van der Waals surface area contributed by atoms with E-state index in [4.69, 9.17) is 0 Å². The van der Waals surface area contributed by atoms with Crippen LogP contribution < -0.4 is 15.5 Å². The van der Waals surface area contributed by atoms with E-state index in [1.807, 2.05) is 4.90 Å². The molecule has 11 heteroatoms. The van der Waals surface area contributed by atoms with Crippen molar-refractivity contribution >= 4 is 35.1 Å². The molecule has 3 aliphatic rings. The summed E-state index contributed by atoms with van der Waals surface area (Å²) in [6.45, 7) is 2.63. The third kappa shape index (κ3) is 2.72. The number of rotatable bonds is 2. The van der Waals surface area contributed by atoms with Gasteiger partial charge in [-0.1, -0.05) is 6.92 Å². The quantitative estimate of drug-likeness (QED) is 0.401. The van der Waals surface area contributed by atoms with Crippen molar-refractivity contribution in [2.45, 2.75) is 25.8 Å². The second-order valence-corrected chi connectivity index (χ2v) is 7.36. The van der Waals surface area contributed by atoms with E-state index in [0.717, 1.165) is 0 Å². The number of anilines is 1. The zero-order chi connectivity index (χ0) is 20.9. The number of benzene rings is 1. The number of non-ortho nitro benzene ring substituents is 1. The summed E-state index contributed by atoms with van der Waals surface area (Å²) in [5.41, 5.74) is -0.662. The van der Waals surface area contributed by atoms with Gasteiger partial charge in [-0.25, -0.2) is 4.79 Å². The van der Waals surface area contributed by atoms with Crippen molar-refractivity contribution in [3.8, 4) is 0 Å². The molecule has 1 atom stereocenters. The Labute approximate surface area is 165 Å². The summed E-state index contributed by atoms with van der Waals surface area (Å²) in [6.07, 6.45) is 0.184. The van der Waals surface area contributed by atoms with Crippen LogP contribution in [0.1, 0.15) is 18.9 Å². The monoisotopic (exact) mass is 401 g/mol. The van der Waals surface area contributed by atoms with Crippen molar-refractivity contribution in [1.29, 1.82) is 0 Å². The number of nitrogens with one attached hydrogen (secondary N) is 2. The van der Waals surface area contributed by atoms with Gasteiger partial charge in [-0.3, -0.25) is 35.1 Å². The second kappa shape index (κ2) is 6.54. The molecule has 2 fully saturated rings. The van der Waals surface area contributed by atoms with Crippen molar-refractivity contribution in [2.24, 2.45) is 5.41 Å². The first-order valence-corrected chi connectivity index (χ1v) is 9.26. The van der Waals surface area contributed by atoms with Gasteiger partial charge in [0, 0.05) is 50.3 Å². The van der Waals surface area contributed by atoms with Crippen LogP contribution in [0.2, 0.25) is 0 Å². The first kappa shape index (κ1) is 18.8. The lowest BCUT2D eigenvalue weighted by atomic mass is 9.68. The number of hydrogen-bond acceptors (Lipinski definition) is 7. The number of hydrogen-bond donors (Lipinski definition) is 2. The third-order valence-corrected chi connectivity index (χ3v) is 5.92. The fraction of sp³-hybridized carbons (Fsp3) is 0.444. The minimum absolute atomic E-state index is 0.0954. The average molecular weight is 401 g/mol. The molecule has 0 saturated carbocycles. The fourth-order valence-corrected chi connectivity index (χ4v) is 4.50. The summed E-state index contributed by atoms with van der Waals surface area (Å²) >= 11 is 0. The van der Waals surface area contributed by atoms with Crippen molar-refractivity contribution in [3.63, 3.8) is 0 Å². The van der Waals surface area contributed by atoms with Crippen LogP contribution in [0.5, 0.6) is 0 Å². The van der Waals surface area contributed by atoms with Gasteiger partial charge in [0.05, 0.1) is 11.0 Å². The van der Waals surface area contributed by atoms with E-state index in [0.29, 0.717) is 30.8 Å². The van der Waals surface area contributed by atoms with Gasteiger partial charge >= 0.3 is 6.03 Å². The molecule has 0 bridgehead atoms. The zero-order valence-electron chi connectivity index (χ0n) is 15.6. The minimum atomic E-state index is -1.68. The summed E-state index contributed by atoms with van der Waals surface area (Å²) in [5.74, 6) is -1.62. The van der Waals surface area contributed by atoms with Gasteiger partial charge in [-0.05, 0) is 11.6 Å². The molecule has 0 unspecified atom stereocenters. The first-order valence-electron chi connectivity index (χ1n) is 9.26. The molecule has 3 aliphatic heterocycles. The van der Waals surface area contributed by atoms with Crippen molar-refractivity contribution in [2.75, 3.05) is 24.5 Å². The van der Waals surface area contributed by atoms with Gasteiger partial charge in [0.25, 0.3) is 5.69 Å². The Balaban J connectivity index is 1.85. The van der Waals surface area contributed by atoms with Gasteiger partial charge in [0.1, 0.15) is 0 Å². The van der Waals surface area contributed by atoms with E-state index in [1.54, 1.807) is 17.9 Å². The molecule has 1 spiro atoms. The van der Waals surface area contributed by atoms with Gasteiger partial charge in [-0.2, -0.15) is 0 Å². The van der Waals surface area contributed by atoms with E-state index in [-0.39, 0.29) is 24.6 Å². The Morgan fingerprint density at radius 3 is 2.55 bits per heavy atom. The van der Waals surface area contributed by atoms with E-state index in [9.17, 15) is 29.3 Å². The van der Waals surface area contributed by atoms with E-state index in [2.05, 4.69) is 10.6 Å². The van der Waals surface area contributed by atoms with Crippen LogP contribution >= 0.6 is 0 Å². The average Bonchev–Trinajstić information content (AvgIpc) is 2.70. The molecule has 1 aromatic rings. The summed E-state index contributed by atoms with van der Waals surface area (Å²) < 4.78 is 0. The highest BCUT2D eigenvalue weighted by atomic mass is 16.6. The van der Waals surface area contributed by atoms with Gasteiger partial charge in [0.2, 0.25) is 17.7 Å². The molecule has 3 heterocycles. The normalized spacial score (nSPS) is 22.5. The molecule has 1 aromatic carbocycles. The lowest BCUT2D eigenvalue weighted by Gasteiger charge is -2.54. The highest BCUT2D eigenvalue weighted by Gasteiger charge is 2.61. The molecule has 152 valence electrons. The predicted octanol–water partition coefficient (Wildman–Crippen LogP) is -0.0695.